The van der Waals surface area contributed by atoms with Crippen molar-refractivity contribution in [3.05, 3.63) is 29.8 Å². The van der Waals surface area contributed by atoms with Crippen molar-refractivity contribution in [2.75, 3.05) is 19.8 Å². The zero-order valence-corrected chi connectivity index (χ0v) is 11.4. The van der Waals surface area contributed by atoms with Crippen LogP contribution in [0.4, 0.5) is 8.78 Å². The summed E-state index contributed by atoms with van der Waals surface area (Å²) in [6.07, 6.45) is 1.26. The number of aliphatic hydroxyl groups is 1. The van der Waals surface area contributed by atoms with Gasteiger partial charge in [0.25, 0.3) is 0 Å². The molecule has 0 bridgehead atoms. The van der Waals surface area contributed by atoms with E-state index in [4.69, 9.17) is 4.74 Å². The Hall–Kier alpha value is -1.20. The molecule has 0 aromatic heterocycles. The number of rotatable bonds is 8. The lowest BCUT2D eigenvalue weighted by atomic mass is 9.97. The highest BCUT2D eigenvalue weighted by Gasteiger charge is 2.21. The van der Waals surface area contributed by atoms with E-state index < -0.39 is 11.6 Å². The lowest BCUT2D eigenvalue weighted by molar-refractivity contribution is 0.156. The first-order valence-electron chi connectivity index (χ1n) is 6.45. The van der Waals surface area contributed by atoms with Crippen LogP contribution in [-0.4, -0.2) is 30.4 Å². The van der Waals surface area contributed by atoms with Crippen LogP contribution < -0.4 is 10.1 Å². The molecule has 1 aromatic rings. The van der Waals surface area contributed by atoms with Gasteiger partial charge in [0.15, 0.2) is 17.4 Å². The number of para-hydroxylation sites is 1. The molecule has 0 aliphatic rings. The first-order valence-corrected chi connectivity index (χ1v) is 6.45. The third kappa shape index (κ3) is 4.76. The average Bonchev–Trinajstić information content (AvgIpc) is 2.38. The minimum atomic E-state index is -0.698. The van der Waals surface area contributed by atoms with Crippen molar-refractivity contribution in [1.82, 2.24) is 5.32 Å². The Morgan fingerprint density at radius 1 is 1.32 bits per heavy atom. The molecule has 0 heterocycles. The van der Waals surface area contributed by atoms with E-state index in [1.807, 2.05) is 13.8 Å². The maximum absolute atomic E-state index is 13.3. The molecule has 0 aliphatic heterocycles. The topological polar surface area (TPSA) is 41.5 Å². The second kappa shape index (κ2) is 7.40. The molecular formula is C14H21F2NO2. The van der Waals surface area contributed by atoms with Gasteiger partial charge in [-0.15, -0.1) is 0 Å². The molecule has 0 saturated heterocycles. The summed E-state index contributed by atoms with van der Waals surface area (Å²) in [5.41, 5.74) is -0.383. The Morgan fingerprint density at radius 2 is 1.95 bits per heavy atom. The number of hydrogen-bond acceptors (Lipinski definition) is 3. The largest absolute Gasteiger partial charge is 0.488 e. The molecule has 19 heavy (non-hydrogen) atoms. The van der Waals surface area contributed by atoms with Gasteiger partial charge in [0, 0.05) is 5.54 Å². The summed E-state index contributed by atoms with van der Waals surface area (Å²) in [7, 11) is 0. The summed E-state index contributed by atoms with van der Waals surface area (Å²) in [5, 5.41) is 12.5. The van der Waals surface area contributed by atoms with Gasteiger partial charge in [-0.25, -0.2) is 8.78 Å². The first kappa shape index (κ1) is 15.9. The number of likely N-dealkylation sites (N-methyl/N-ethyl adjacent to an activating group) is 1. The monoisotopic (exact) mass is 273 g/mol. The molecule has 0 radical (unpaired) electrons. The van der Waals surface area contributed by atoms with Gasteiger partial charge in [0.1, 0.15) is 0 Å². The van der Waals surface area contributed by atoms with Crippen LogP contribution in [0, 0.1) is 11.6 Å². The van der Waals surface area contributed by atoms with E-state index in [2.05, 4.69) is 5.32 Å². The third-order valence-corrected chi connectivity index (χ3v) is 2.99. The number of benzene rings is 1. The van der Waals surface area contributed by atoms with Crippen molar-refractivity contribution in [2.24, 2.45) is 0 Å². The van der Waals surface area contributed by atoms with Crippen LogP contribution in [0.15, 0.2) is 18.2 Å². The number of aliphatic hydroxyl groups excluding tert-OH is 1. The first-order chi connectivity index (χ1) is 9.02. The molecule has 1 aromatic carbocycles. The quantitative estimate of drug-likeness (QED) is 0.715. The van der Waals surface area contributed by atoms with Crippen molar-refractivity contribution in [3.8, 4) is 5.75 Å². The Balaban J connectivity index is 2.42. The van der Waals surface area contributed by atoms with Crippen LogP contribution in [0.3, 0.4) is 0 Å². The predicted octanol–water partition coefficient (Wildman–Crippen LogP) is 2.48. The van der Waals surface area contributed by atoms with E-state index in [1.54, 1.807) is 0 Å². The highest BCUT2D eigenvalue weighted by Crippen LogP contribution is 2.21. The molecule has 0 fully saturated rings. The molecule has 0 spiro atoms. The number of ether oxygens (including phenoxy) is 1. The van der Waals surface area contributed by atoms with E-state index in [0.29, 0.717) is 12.8 Å². The lowest BCUT2D eigenvalue weighted by Gasteiger charge is -2.28. The van der Waals surface area contributed by atoms with Crippen LogP contribution in [0.25, 0.3) is 0 Å². The van der Waals surface area contributed by atoms with E-state index in [0.717, 1.165) is 18.7 Å². The molecule has 3 nitrogen and oxygen atoms in total. The maximum Gasteiger partial charge on any atom is 0.190 e. The smallest absolute Gasteiger partial charge is 0.190 e. The molecule has 0 aliphatic carbocycles. The second-order valence-corrected chi connectivity index (χ2v) is 4.75. The van der Waals surface area contributed by atoms with E-state index in [1.165, 1.54) is 6.07 Å². The Morgan fingerprint density at radius 3 is 2.47 bits per heavy atom. The Kier molecular flexibility index (Phi) is 6.18. The van der Waals surface area contributed by atoms with Crippen LogP contribution in [0.1, 0.15) is 26.7 Å². The minimum Gasteiger partial charge on any atom is -0.488 e. The number of hydrogen-bond donors (Lipinski definition) is 2. The summed E-state index contributed by atoms with van der Waals surface area (Å²) < 4.78 is 31.7. The highest BCUT2D eigenvalue weighted by atomic mass is 19.1. The summed E-state index contributed by atoms with van der Waals surface area (Å²) >= 11 is 0. The van der Waals surface area contributed by atoms with Crippen molar-refractivity contribution < 1.29 is 18.6 Å². The predicted molar refractivity (Wildman–Crippen MR) is 70.3 cm³/mol. The molecule has 0 amide bonds. The Labute approximate surface area is 112 Å². The van der Waals surface area contributed by atoms with Gasteiger partial charge in [0.05, 0.1) is 13.2 Å². The molecule has 1 atom stereocenters. The SMILES string of the molecule is CCNC(C)(CO)CCCOc1c(F)cccc1F. The zero-order valence-electron chi connectivity index (χ0n) is 11.4. The van der Waals surface area contributed by atoms with Gasteiger partial charge in [-0.05, 0) is 38.4 Å². The average molecular weight is 273 g/mol. The molecule has 0 saturated carbocycles. The Bertz CT molecular complexity index is 381. The van der Waals surface area contributed by atoms with Gasteiger partial charge in [-0.2, -0.15) is 0 Å². The fourth-order valence-corrected chi connectivity index (χ4v) is 1.91. The zero-order chi connectivity index (χ0) is 14.3. The molecule has 2 N–H and O–H groups in total. The highest BCUT2D eigenvalue weighted by molar-refractivity contribution is 5.25. The van der Waals surface area contributed by atoms with Gasteiger partial charge in [-0.1, -0.05) is 13.0 Å². The van der Waals surface area contributed by atoms with Crippen LogP contribution in [-0.2, 0) is 0 Å². The fraction of sp³-hybridized carbons (Fsp3) is 0.571. The minimum absolute atomic E-state index is 0.00883. The number of nitrogens with one attached hydrogen (secondary N) is 1. The van der Waals surface area contributed by atoms with Crippen LogP contribution in [0.5, 0.6) is 5.75 Å². The molecule has 1 unspecified atom stereocenters. The molecule has 108 valence electrons. The van der Waals surface area contributed by atoms with E-state index in [-0.39, 0.29) is 24.5 Å². The summed E-state index contributed by atoms with van der Waals surface area (Å²) in [5.74, 6) is -1.73. The summed E-state index contributed by atoms with van der Waals surface area (Å²) in [6, 6.07) is 3.62. The summed E-state index contributed by atoms with van der Waals surface area (Å²) in [4.78, 5) is 0. The van der Waals surface area contributed by atoms with Gasteiger partial charge in [0.2, 0.25) is 0 Å². The van der Waals surface area contributed by atoms with Gasteiger partial charge in [-0.3, -0.25) is 0 Å². The van der Waals surface area contributed by atoms with Crippen LogP contribution in [0.2, 0.25) is 0 Å². The number of halogens is 2. The van der Waals surface area contributed by atoms with Crippen molar-refractivity contribution in [2.45, 2.75) is 32.2 Å². The third-order valence-electron chi connectivity index (χ3n) is 2.99. The maximum atomic E-state index is 13.3. The molecule has 1 rings (SSSR count). The lowest BCUT2D eigenvalue weighted by Crippen LogP contribution is -2.45. The fourth-order valence-electron chi connectivity index (χ4n) is 1.91. The second-order valence-electron chi connectivity index (χ2n) is 4.75. The van der Waals surface area contributed by atoms with Crippen molar-refractivity contribution >= 4 is 0 Å². The van der Waals surface area contributed by atoms with Gasteiger partial charge >= 0.3 is 0 Å². The van der Waals surface area contributed by atoms with E-state index >= 15 is 0 Å². The van der Waals surface area contributed by atoms with Crippen molar-refractivity contribution in [1.29, 1.82) is 0 Å². The standard InChI is InChI=1S/C14H21F2NO2/c1-3-17-14(2,10-18)8-5-9-19-13-11(15)6-4-7-12(13)16/h4,6-7,17-18H,3,5,8-10H2,1-2H3. The molecular weight excluding hydrogens is 252 g/mol. The van der Waals surface area contributed by atoms with Crippen molar-refractivity contribution in [3.63, 3.8) is 0 Å². The molecule has 5 heteroatoms. The van der Waals surface area contributed by atoms with E-state index in [9.17, 15) is 13.9 Å². The summed E-state index contributed by atoms with van der Waals surface area (Å²) in [6.45, 7) is 4.83. The van der Waals surface area contributed by atoms with Crippen LogP contribution >= 0.6 is 0 Å². The normalized spacial score (nSPS) is 14.2. The van der Waals surface area contributed by atoms with Gasteiger partial charge < -0.3 is 15.2 Å².